The van der Waals surface area contributed by atoms with E-state index < -0.39 is 5.97 Å². The minimum absolute atomic E-state index is 0.0195. The van der Waals surface area contributed by atoms with Crippen molar-refractivity contribution in [1.82, 2.24) is 0 Å². The lowest BCUT2D eigenvalue weighted by atomic mass is 9.95. The Hall–Kier alpha value is -1.92. The van der Waals surface area contributed by atoms with Crippen LogP contribution in [0.3, 0.4) is 0 Å². The first kappa shape index (κ1) is 52.2. The molecule has 0 amide bonds. The number of allylic oxidation sites excluding steroid dienone is 12. The largest absolute Gasteiger partial charge is 0.481 e. The normalized spacial score (nSPS) is 19.3. The van der Waals surface area contributed by atoms with Crippen molar-refractivity contribution in [1.29, 1.82) is 0 Å². The lowest BCUT2D eigenvalue weighted by Gasteiger charge is -2.14. The molecule has 0 aromatic carbocycles. The molecule has 3 rings (SSSR count). The van der Waals surface area contributed by atoms with Crippen LogP contribution in [0.2, 0.25) is 0 Å². The van der Waals surface area contributed by atoms with Crippen molar-refractivity contribution >= 4 is 32.6 Å². The Morgan fingerprint density at radius 3 is 1.87 bits per heavy atom. The number of carboxylic acid groups (broad SMARTS) is 1. The molecule has 4 atom stereocenters. The molecule has 2 saturated heterocycles. The summed E-state index contributed by atoms with van der Waals surface area (Å²) in [5.74, 6) is -1.10. The fourth-order valence-electron chi connectivity index (χ4n) is 5.98. The lowest BCUT2D eigenvalue weighted by Crippen LogP contribution is -2.31. The van der Waals surface area contributed by atoms with Crippen LogP contribution in [0.1, 0.15) is 166 Å². The maximum absolute atomic E-state index is 10.7. The molecule has 1 aliphatic carbocycles. The first-order chi connectivity index (χ1) is 24.8. The van der Waals surface area contributed by atoms with Crippen LogP contribution in [-0.4, -0.2) is 48.6 Å². The molecule has 0 saturated carbocycles. The van der Waals surface area contributed by atoms with Crippen molar-refractivity contribution in [3.63, 3.8) is 0 Å². The Bertz CT molecular complexity index is 1090. The summed E-state index contributed by atoms with van der Waals surface area (Å²) >= 11 is 3.44. The Morgan fingerprint density at radius 2 is 1.38 bits per heavy atom. The Morgan fingerprint density at radius 1 is 0.827 bits per heavy atom. The van der Waals surface area contributed by atoms with Gasteiger partial charge in [-0.15, -0.1) is 0 Å². The molecule has 2 fully saturated rings. The number of aliphatic carboxylic acids is 1. The van der Waals surface area contributed by atoms with Gasteiger partial charge in [-0.3, -0.25) is 9.59 Å². The number of ether oxygens (including phenoxy) is 3. The van der Waals surface area contributed by atoms with E-state index in [2.05, 4.69) is 113 Å². The van der Waals surface area contributed by atoms with E-state index in [0.717, 1.165) is 13.3 Å². The molecule has 0 aromatic heterocycles. The van der Waals surface area contributed by atoms with Crippen molar-refractivity contribution in [3.8, 4) is 0 Å². The standard InChI is InChI=1S/C17H28.C17H30.C8H12O4.C2H4O2.H3PS/c1-15(2)9-7-10-16(3)11-8-14-17-12-5-4-6-13-17;1-6-10-17(7-2)14-9-13-16(5)12-8-11-15(3)4;1-5(9)12-7-4-11-6-2-3-10-8(6)7;1-2(3)4;1-2/h9,11-12H,4-8,10,13-14H2,1-3H3;10-11,13H,6-9,12,14H2,1-5H3;6-8H,2-4H2,1H3;1H3,(H,3,4);2H,1H2/b16-11+;16-13+,17-10+;;;/t;;6-,7?,8+;;/m..1../s1. The number of fused-ring (bicyclic) bond motifs is 1. The highest BCUT2D eigenvalue weighted by Crippen LogP contribution is 2.28. The van der Waals surface area contributed by atoms with Crippen molar-refractivity contribution in [2.75, 3.05) is 13.2 Å². The van der Waals surface area contributed by atoms with Crippen LogP contribution >= 0.6 is 20.7 Å². The smallest absolute Gasteiger partial charge is 0.303 e. The van der Waals surface area contributed by atoms with E-state index in [-0.39, 0.29) is 24.3 Å². The summed E-state index contributed by atoms with van der Waals surface area (Å²) in [4.78, 5) is 19.7. The second-order valence-electron chi connectivity index (χ2n) is 14.2. The summed E-state index contributed by atoms with van der Waals surface area (Å²) < 4.78 is 15.8. The predicted molar refractivity (Wildman–Crippen MR) is 230 cm³/mol. The van der Waals surface area contributed by atoms with E-state index in [4.69, 9.17) is 24.1 Å². The van der Waals surface area contributed by atoms with Crippen LogP contribution in [0.4, 0.5) is 0 Å². The van der Waals surface area contributed by atoms with Crippen molar-refractivity contribution in [3.05, 3.63) is 69.9 Å². The van der Waals surface area contributed by atoms with Gasteiger partial charge in [-0.05, 0) is 138 Å². The van der Waals surface area contributed by atoms with Crippen LogP contribution in [0.5, 0.6) is 0 Å². The van der Waals surface area contributed by atoms with Gasteiger partial charge in [0, 0.05) is 20.5 Å². The van der Waals surface area contributed by atoms with Gasteiger partial charge in [-0.1, -0.05) is 92.2 Å². The molecule has 6 nitrogen and oxygen atoms in total. The minimum Gasteiger partial charge on any atom is -0.481 e. The molecule has 2 unspecified atom stereocenters. The zero-order valence-electron chi connectivity index (χ0n) is 34.7. The fourth-order valence-corrected chi connectivity index (χ4v) is 5.98. The summed E-state index contributed by atoms with van der Waals surface area (Å²) in [6.45, 7) is 21.4. The van der Waals surface area contributed by atoms with E-state index in [9.17, 15) is 4.79 Å². The topological polar surface area (TPSA) is 82.1 Å². The minimum atomic E-state index is -0.833. The number of hydrogen-bond donors (Lipinski definition) is 2. The third-order valence-electron chi connectivity index (χ3n) is 8.67. The average Bonchev–Trinajstić information content (AvgIpc) is 3.71. The summed E-state index contributed by atoms with van der Waals surface area (Å²) in [5.41, 5.74) is 9.26. The predicted octanol–water partition coefficient (Wildman–Crippen LogP) is 13.1. The highest BCUT2D eigenvalue weighted by Gasteiger charge is 2.43. The summed E-state index contributed by atoms with van der Waals surface area (Å²) in [7, 11) is 2.11. The molecule has 0 aromatic rings. The number of carbonyl (C=O) groups is 2. The van der Waals surface area contributed by atoms with Gasteiger partial charge in [0.05, 0.1) is 12.7 Å². The molecular weight excluding hydrogens is 688 g/mol. The van der Waals surface area contributed by atoms with E-state index >= 15 is 0 Å². The van der Waals surface area contributed by atoms with Crippen LogP contribution in [0.15, 0.2) is 69.9 Å². The molecule has 2 heterocycles. The molecule has 2 aliphatic heterocycles. The summed E-state index contributed by atoms with van der Waals surface area (Å²) in [5, 5.41) is 7.42. The molecular formula is C44H77O6PS. The lowest BCUT2D eigenvalue weighted by molar-refractivity contribution is -0.150. The van der Waals surface area contributed by atoms with E-state index in [1.165, 1.54) is 114 Å². The first-order valence-electron chi connectivity index (χ1n) is 19.6. The molecule has 0 spiro atoms. The zero-order chi connectivity index (χ0) is 39.7. The van der Waals surface area contributed by atoms with Gasteiger partial charge < -0.3 is 19.3 Å². The van der Waals surface area contributed by atoms with Crippen LogP contribution < -0.4 is 0 Å². The van der Waals surface area contributed by atoms with Crippen LogP contribution in [0, 0.1) is 0 Å². The summed E-state index contributed by atoms with van der Waals surface area (Å²) in [6, 6.07) is 0. The van der Waals surface area contributed by atoms with Gasteiger partial charge in [-0.25, -0.2) is 0 Å². The van der Waals surface area contributed by atoms with E-state index in [0.29, 0.717) is 13.2 Å². The number of esters is 1. The van der Waals surface area contributed by atoms with Gasteiger partial charge in [0.15, 0.2) is 6.10 Å². The van der Waals surface area contributed by atoms with Gasteiger partial charge in [0.2, 0.25) is 0 Å². The number of rotatable bonds is 15. The summed E-state index contributed by atoms with van der Waals surface area (Å²) in [6.07, 6.45) is 32.9. The maximum Gasteiger partial charge on any atom is 0.303 e. The second kappa shape index (κ2) is 34.8. The molecule has 3 aliphatic rings. The van der Waals surface area contributed by atoms with Crippen molar-refractivity contribution in [2.24, 2.45) is 0 Å². The molecule has 0 bridgehead atoms. The van der Waals surface area contributed by atoms with Crippen LogP contribution in [-0.2, 0) is 23.8 Å². The Kier molecular flexibility index (Phi) is 34.9. The monoisotopic (exact) mass is 765 g/mol. The van der Waals surface area contributed by atoms with Gasteiger partial charge >= 0.3 is 5.97 Å². The Balaban J connectivity index is 0. The SMILES string of the molecule is CC(=O)O.CC(=O)OC1CO[C@@H]2CCO[C@H]12.CC(C)=CCC/C(C)=C/CCC1=CCCCC1.CC/C=C(\CC)CC/C=C(\C)CCC=C(C)C.PS. The number of carboxylic acids is 1. The third-order valence-corrected chi connectivity index (χ3v) is 8.67. The maximum atomic E-state index is 10.7. The first-order valence-corrected chi connectivity index (χ1v) is 21.6. The second-order valence-corrected chi connectivity index (χ2v) is 14.2. The highest BCUT2D eigenvalue weighted by molar-refractivity contribution is 8.31. The molecule has 1 N–H and O–H groups in total. The van der Waals surface area contributed by atoms with Crippen LogP contribution in [0.25, 0.3) is 0 Å². The highest BCUT2D eigenvalue weighted by atomic mass is 32.7. The van der Waals surface area contributed by atoms with Gasteiger partial charge in [-0.2, -0.15) is 12.2 Å². The number of thiol groups is 1. The van der Waals surface area contributed by atoms with E-state index in [1.807, 2.05) is 0 Å². The molecule has 300 valence electrons. The molecule has 0 radical (unpaired) electrons. The Labute approximate surface area is 327 Å². The fraction of sp³-hybridized carbons (Fsp3) is 0.682. The van der Waals surface area contributed by atoms with Gasteiger partial charge in [0.25, 0.3) is 5.97 Å². The van der Waals surface area contributed by atoms with Crippen molar-refractivity contribution < 1.29 is 28.9 Å². The zero-order valence-corrected chi connectivity index (χ0v) is 36.8. The van der Waals surface area contributed by atoms with Gasteiger partial charge in [0.1, 0.15) is 6.10 Å². The number of hydrogen-bond acceptors (Lipinski definition) is 6. The average molecular weight is 765 g/mol. The van der Waals surface area contributed by atoms with Crippen molar-refractivity contribution in [2.45, 2.75) is 184 Å². The molecule has 8 heteroatoms. The van der Waals surface area contributed by atoms with E-state index in [1.54, 1.807) is 16.7 Å². The third kappa shape index (κ3) is 31.6. The quantitative estimate of drug-likeness (QED) is 0.0748. The number of carbonyl (C=O) groups excluding carboxylic acids is 1. The molecule has 52 heavy (non-hydrogen) atoms.